The number of hydrogen-bond donors (Lipinski definition) is 0. The third-order valence-electron chi connectivity index (χ3n) is 4.46. The molecule has 2 aromatic heterocycles. The van der Waals surface area contributed by atoms with E-state index in [4.69, 9.17) is 4.74 Å². The fourth-order valence-corrected chi connectivity index (χ4v) is 4.57. The molecule has 3 rings (SSSR count). The van der Waals surface area contributed by atoms with E-state index in [2.05, 4.69) is 4.98 Å². The Hall–Kier alpha value is -1.34. The number of rotatable bonds is 6. The molecule has 0 N–H and O–H groups in total. The molecule has 0 aliphatic heterocycles. The summed E-state index contributed by atoms with van der Waals surface area (Å²) in [5.74, 6) is 1.17. The van der Waals surface area contributed by atoms with Gasteiger partial charge in [-0.2, -0.15) is 0 Å². The summed E-state index contributed by atoms with van der Waals surface area (Å²) in [6, 6.07) is 1.53. The molecule has 0 bridgehead atoms. The SMILES string of the molecule is C[C@H](OC(=O)CSCc1cc(=O)n2ccsc2n1)C1CCCCC1. The lowest BCUT2D eigenvalue weighted by Crippen LogP contribution is -2.26. The minimum atomic E-state index is -0.174. The van der Waals surface area contributed by atoms with Gasteiger partial charge in [-0.05, 0) is 25.7 Å². The van der Waals surface area contributed by atoms with Gasteiger partial charge in [0.2, 0.25) is 0 Å². The smallest absolute Gasteiger partial charge is 0.316 e. The molecule has 0 aromatic carbocycles. The van der Waals surface area contributed by atoms with Crippen LogP contribution in [0.2, 0.25) is 0 Å². The quantitative estimate of drug-likeness (QED) is 0.732. The van der Waals surface area contributed by atoms with Crippen LogP contribution in [0.15, 0.2) is 22.4 Å². The predicted octanol–water partition coefficient (Wildman–Crippen LogP) is 3.50. The van der Waals surface area contributed by atoms with Crippen LogP contribution >= 0.6 is 23.1 Å². The summed E-state index contributed by atoms with van der Waals surface area (Å²) in [4.78, 5) is 29.0. The second kappa shape index (κ2) is 8.16. The van der Waals surface area contributed by atoms with Crippen molar-refractivity contribution >= 4 is 34.0 Å². The molecule has 1 atom stereocenters. The maximum atomic E-state index is 12.0. The molecule has 0 amide bonds. The van der Waals surface area contributed by atoms with Gasteiger partial charge < -0.3 is 4.74 Å². The monoisotopic (exact) mass is 366 g/mol. The van der Waals surface area contributed by atoms with Crippen molar-refractivity contribution in [1.82, 2.24) is 9.38 Å². The molecule has 24 heavy (non-hydrogen) atoms. The molecular weight excluding hydrogens is 344 g/mol. The van der Waals surface area contributed by atoms with Crippen LogP contribution in [0.3, 0.4) is 0 Å². The third-order valence-corrected chi connectivity index (χ3v) is 6.15. The van der Waals surface area contributed by atoms with Gasteiger partial charge in [0, 0.05) is 23.4 Å². The van der Waals surface area contributed by atoms with E-state index in [-0.39, 0.29) is 17.6 Å². The summed E-state index contributed by atoms with van der Waals surface area (Å²) in [5.41, 5.74) is 0.630. The summed E-state index contributed by atoms with van der Waals surface area (Å²) < 4.78 is 7.09. The average molecular weight is 367 g/mol. The first kappa shape index (κ1) is 17.5. The molecular formula is C17H22N2O3S2. The van der Waals surface area contributed by atoms with E-state index in [1.807, 2.05) is 12.3 Å². The second-order valence-electron chi connectivity index (χ2n) is 6.23. The first-order valence-electron chi connectivity index (χ1n) is 8.36. The van der Waals surface area contributed by atoms with Crippen LogP contribution in [0, 0.1) is 5.92 Å². The van der Waals surface area contributed by atoms with E-state index in [0.29, 0.717) is 28.1 Å². The van der Waals surface area contributed by atoms with Crippen molar-refractivity contribution in [2.45, 2.75) is 50.9 Å². The number of nitrogens with zero attached hydrogens (tertiary/aromatic N) is 2. The van der Waals surface area contributed by atoms with Crippen molar-refractivity contribution in [2.24, 2.45) is 5.92 Å². The summed E-state index contributed by atoms with van der Waals surface area (Å²) in [5, 5.41) is 1.84. The molecule has 1 fully saturated rings. The van der Waals surface area contributed by atoms with E-state index in [0.717, 1.165) is 12.8 Å². The number of carbonyl (C=O) groups is 1. The van der Waals surface area contributed by atoms with Gasteiger partial charge in [0.25, 0.3) is 5.56 Å². The minimum absolute atomic E-state index is 0.00337. The molecule has 2 heterocycles. The number of aromatic nitrogens is 2. The van der Waals surface area contributed by atoms with Gasteiger partial charge in [-0.25, -0.2) is 4.98 Å². The number of esters is 1. The van der Waals surface area contributed by atoms with Crippen LogP contribution in [0.25, 0.3) is 4.96 Å². The molecule has 0 radical (unpaired) electrons. The van der Waals surface area contributed by atoms with Gasteiger partial charge in [0.1, 0.15) is 6.10 Å². The normalized spacial score (nSPS) is 17.0. The highest BCUT2D eigenvalue weighted by atomic mass is 32.2. The van der Waals surface area contributed by atoms with Crippen LogP contribution in [0.4, 0.5) is 0 Å². The summed E-state index contributed by atoms with van der Waals surface area (Å²) in [6.07, 6.45) is 7.84. The van der Waals surface area contributed by atoms with Crippen LogP contribution in [-0.2, 0) is 15.3 Å². The van der Waals surface area contributed by atoms with Crippen molar-refractivity contribution in [3.05, 3.63) is 33.7 Å². The van der Waals surface area contributed by atoms with Crippen LogP contribution < -0.4 is 5.56 Å². The van der Waals surface area contributed by atoms with Gasteiger partial charge in [-0.3, -0.25) is 14.0 Å². The number of fused-ring (bicyclic) bond motifs is 1. The van der Waals surface area contributed by atoms with Crippen LogP contribution in [-0.4, -0.2) is 27.2 Å². The molecule has 7 heteroatoms. The number of thiazole rings is 1. The lowest BCUT2D eigenvalue weighted by atomic mass is 9.86. The van der Waals surface area contributed by atoms with Gasteiger partial charge in [0.05, 0.1) is 11.4 Å². The Morgan fingerprint density at radius 2 is 2.25 bits per heavy atom. The molecule has 2 aromatic rings. The standard InChI is InChI=1S/C17H22N2O3S2/c1-12(13-5-3-2-4-6-13)22-16(21)11-23-10-14-9-15(20)19-7-8-24-17(19)18-14/h7-9,12-13H,2-6,10-11H2,1H3/t12-/m0/s1. The van der Waals surface area contributed by atoms with E-state index in [9.17, 15) is 9.59 Å². The van der Waals surface area contributed by atoms with Crippen LogP contribution in [0.5, 0.6) is 0 Å². The summed E-state index contributed by atoms with van der Waals surface area (Å²) in [6.45, 7) is 2.01. The molecule has 0 saturated heterocycles. The molecule has 1 aliphatic rings. The number of hydrogen-bond acceptors (Lipinski definition) is 6. The maximum Gasteiger partial charge on any atom is 0.316 e. The highest BCUT2D eigenvalue weighted by Gasteiger charge is 2.23. The Kier molecular flexibility index (Phi) is 5.94. The lowest BCUT2D eigenvalue weighted by molar-refractivity contribution is -0.148. The molecule has 5 nitrogen and oxygen atoms in total. The average Bonchev–Trinajstić information content (AvgIpc) is 3.05. The van der Waals surface area contributed by atoms with E-state index in [1.54, 1.807) is 6.20 Å². The molecule has 1 aliphatic carbocycles. The van der Waals surface area contributed by atoms with E-state index in [1.165, 1.54) is 52.8 Å². The second-order valence-corrected chi connectivity index (χ2v) is 8.09. The summed E-state index contributed by atoms with van der Waals surface area (Å²) in [7, 11) is 0. The fraction of sp³-hybridized carbons (Fsp3) is 0.588. The zero-order valence-corrected chi connectivity index (χ0v) is 15.4. The van der Waals surface area contributed by atoms with Crippen molar-refractivity contribution in [2.75, 3.05) is 5.75 Å². The molecule has 0 spiro atoms. The first-order valence-corrected chi connectivity index (χ1v) is 10.4. The van der Waals surface area contributed by atoms with Gasteiger partial charge in [-0.15, -0.1) is 23.1 Å². The van der Waals surface area contributed by atoms with E-state index >= 15 is 0 Å². The number of thioether (sulfide) groups is 1. The third kappa shape index (κ3) is 4.39. The Balaban J connectivity index is 1.46. The Morgan fingerprint density at radius 1 is 1.46 bits per heavy atom. The van der Waals surface area contributed by atoms with Crippen molar-refractivity contribution < 1.29 is 9.53 Å². The van der Waals surface area contributed by atoms with Crippen molar-refractivity contribution in [3.63, 3.8) is 0 Å². The highest BCUT2D eigenvalue weighted by molar-refractivity contribution is 7.99. The minimum Gasteiger partial charge on any atom is -0.462 e. The Labute approximate surface area is 149 Å². The maximum absolute atomic E-state index is 12.0. The Morgan fingerprint density at radius 3 is 3.04 bits per heavy atom. The largest absolute Gasteiger partial charge is 0.462 e. The molecule has 130 valence electrons. The van der Waals surface area contributed by atoms with Crippen molar-refractivity contribution in [1.29, 1.82) is 0 Å². The highest BCUT2D eigenvalue weighted by Crippen LogP contribution is 2.28. The number of carbonyl (C=O) groups excluding carboxylic acids is 1. The zero-order valence-electron chi connectivity index (χ0n) is 13.8. The zero-order chi connectivity index (χ0) is 16.9. The predicted molar refractivity (Wildman–Crippen MR) is 97.6 cm³/mol. The summed E-state index contributed by atoms with van der Waals surface area (Å²) >= 11 is 2.87. The fourth-order valence-electron chi connectivity index (χ4n) is 3.14. The Bertz CT molecular complexity index is 750. The van der Waals surface area contributed by atoms with Crippen molar-refractivity contribution in [3.8, 4) is 0 Å². The lowest BCUT2D eigenvalue weighted by Gasteiger charge is -2.27. The topological polar surface area (TPSA) is 60.7 Å². The van der Waals surface area contributed by atoms with Gasteiger partial charge in [0.15, 0.2) is 4.96 Å². The number of ether oxygens (including phenoxy) is 1. The first-order chi connectivity index (χ1) is 11.6. The van der Waals surface area contributed by atoms with Crippen LogP contribution in [0.1, 0.15) is 44.7 Å². The molecule has 0 unspecified atom stereocenters. The van der Waals surface area contributed by atoms with E-state index < -0.39 is 0 Å². The van der Waals surface area contributed by atoms with Gasteiger partial charge >= 0.3 is 5.97 Å². The molecule has 1 saturated carbocycles. The van der Waals surface area contributed by atoms with Gasteiger partial charge in [-0.1, -0.05) is 19.3 Å².